The summed E-state index contributed by atoms with van der Waals surface area (Å²) in [6.07, 6.45) is 7.95. The number of aromatic nitrogens is 2. The summed E-state index contributed by atoms with van der Waals surface area (Å²) in [5.74, 6) is 1.91. The van der Waals surface area contributed by atoms with Crippen LogP contribution in [0.1, 0.15) is 52.9 Å². The van der Waals surface area contributed by atoms with E-state index in [1.807, 2.05) is 0 Å². The van der Waals surface area contributed by atoms with Crippen LogP contribution in [-0.2, 0) is 0 Å². The quantitative estimate of drug-likeness (QED) is 0.909. The summed E-state index contributed by atoms with van der Waals surface area (Å²) in [5, 5.41) is 0. The largest absolute Gasteiger partial charge is 0.393 e. The Morgan fingerprint density at radius 3 is 2.52 bits per heavy atom. The standard InChI is InChI=1S/C18H29N5/c1-17(2)8-13-9-18(3,10-17)11-23(13)16-14(19)15(20-12-21-16)22-6-4-5-7-22/h12-13H,4-11,19H2,1-3H3. The van der Waals surface area contributed by atoms with Crippen molar-refractivity contribution in [3.8, 4) is 0 Å². The highest BCUT2D eigenvalue weighted by Gasteiger charge is 2.50. The van der Waals surface area contributed by atoms with Gasteiger partial charge in [-0.15, -0.1) is 0 Å². The van der Waals surface area contributed by atoms with Gasteiger partial charge in [0.25, 0.3) is 0 Å². The van der Waals surface area contributed by atoms with Gasteiger partial charge in [-0.1, -0.05) is 20.8 Å². The Hall–Kier alpha value is -1.52. The molecule has 3 fully saturated rings. The summed E-state index contributed by atoms with van der Waals surface area (Å²) >= 11 is 0. The van der Waals surface area contributed by atoms with Crippen molar-refractivity contribution in [2.75, 3.05) is 35.2 Å². The van der Waals surface area contributed by atoms with Gasteiger partial charge in [-0.25, -0.2) is 9.97 Å². The Labute approximate surface area is 139 Å². The second kappa shape index (κ2) is 4.99. The molecule has 0 aromatic carbocycles. The fourth-order valence-corrected chi connectivity index (χ4v) is 5.49. The van der Waals surface area contributed by atoms with E-state index in [4.69, 9.17) is 5.73 Å². The van der Waals surface area contributed by atoms with Crippen LogP contribution in [0.5, 0.6) is 0 Å². The highest BCUT2D eigenvalue weighted by Crippen LogP contribution is 2.54. The smallest absolute Gasteiger partial charge is 0.157 e. The summed E-state index contributed by atoms with van der Waals surface area (Å²) in [4.78, 5) is 13.9. The normalized spacial score (nSPS) is 32.6. The van der Waals surface area contributed by atoms with Crippen molar-refractivity contribution >= 4 is 17.3 Å². The molecule has 1 aromatic heterocycles. The van der Waals surface area contributed by atoms with Gasteiger partial charge in [-0.05, 0) is 42.9 Å². The molecule has 126 valence electrons. The molecule has 1 aliphatic carbocycles. The van der Waals surface area contributed by atoms with Crippen molar-refractivity contribution in [2.24, 2.45) is 10.8 Å². The molecule has 2 unspecified atom stereocenters. The molecule has 5 heteroatoms. The van der Waals surface area contributed by atoms with E-state index in [-0.39, 0.29) is 0 Å². The van der Waals surface area contributed by atoms with Gasteiger partial charge in [0.05, 0.1) is 0 Å². The highest BCUT2D eigenvalue weighted by molar-refractivity contribution is 5.76. The van der Waals surface area contributed by atoms with Crippen LogP contribution in [0.2, 0.25) is 0 Å². The van der Waals surface area contributed by atoms with Crippen LogP contribution in [0, 0.1) is 10.8 Å². The third kappa shape index (κ3) is 2.54. The minimum atomic E-state index is 0.387. The fraction of sp³-hybridized carbons (Fsp3) is 0.778. The Morgan fingerprint density at radius 1 is 1.09 bits per heavy atom. The zero-order valence-corrected chi connectivity index (χ0v) is 14.7. The van der Waals surface area contributed by atoms with Gasteiger partial charge in [0.2, 0.25) is 0 Å². The van der Waals surface area contributed by atoms with Gasteiger partial charge in [0.1, 0.15) is 12.0 Å². The molecule has 23 heavy (non-hydrogen) atoms. The lowest BCUT2D eigenvalue weighted by Gasteiger charge is -2.39. The maximum Gasteiger partial charge on any atom is 0.157 e. The Balaban J connectivity index is 1.67. The van der Waals surface area contributed by atoms with Gasteiger partial charge in [-0.2, -0.15) is 0 Å². The van der Waals surface area contributed by atoms with Crippen LogP contribution in [-0.4, -0.2) is 35.6 Å². The highest BCUT2D eigenvalue weighted by atomic mass is 15.3. The predicted molar refractivity (Wildman–Crippen MR) is 94.8 cm³/mol. The first-order chi connectivity index (χ1) is 10.9. The molecule has 0 amide bonds. The Morgan fingerprint density at radius 2 is 1.78 bits per heavy atom. The van der Waals surface area contributed by atoms with Crippen LogP contribution in [0.25, 0.3) is 0 Å². The van der Waals surface area contributed by atoms with Crippen LogP contribution >= 0.6 is 0 Å². The average Bonchev–Trinajstić information content (AvgIpc) is 3.04. The van der Waals surface area contributed by atoms with E-state index in [9.17, 15) is 0 Å². The summed E-state index contributed by atoms with van der Waals surface area (Å²) in [6, 6.07) is 0.562. The van der Waals surface area contributed by atoms with Crippen LogP contribution in [0.4, 0.5) is 17.3 Å². The van der Waals surface area contributed by atoms with E-state index < -0.39 is 0 Å². The Kier molecular flexibility index (Phi) is 3.26. The molecule has 0 radical (unpaired) electrons. The van der Waals surface area contributed by atoms with Crippen molar-refractivity contribution < 1.29 is 0 Å². The first-order valence-corrected chi connectivity index (χ1v) is 8.99. The van der Waals surface area contributed by atoms with Crippen molar-refractivity contribution in [3.63, 3.8) is 0 Å². The maximum atomic E-state index is 6.53. The third-order valence-electron chi connectivity index (χ3n) is 5.93. The second-order valence-electron chi connectivity index (χ2n) is 8.97. The van der Waals surface area contributed by atoms with E-state index in [0.717, 1.165) is 37.0 Å². The molecule has 1 aromatic rings. The summed E-state index contributed by atoms with van der Waals surface area (Å²) in [7, 11) is 0. The van der Waals surface area contributed by atoms with Gasteiger partial charge in [0, 0.05) is 25.7 Å². The lowest BCUT2D eigenvalue weighted by molar-refractivity contribution is 0.136. The molecule has 2 N–H and O–H groups in total. The van der Waals surface area contributed by atoms with E-state index in [0.29, 0.717) is 16.9 Å². The maximum absolute atomic E-state index is 6.53. The number of nitrogens with zero attached hydrogens (tertiary/aromatic N) is 4. The SMILES string of the molecule is CC1(C)CC2CC(C)(CN2c2ncnc(N3CCCC3)c2N)C1. The minimum Gasteiger partial charge on any atom is -0.393 e. The second-order valence-corrected chi connectivity index (χ2v) is 8.97. The minimum absolute atomic E-state index is 0.387. The molecule has 5 nitrogen and oxygen atoms in total. The van der Waals surface area contributed by atoms with Crippen molar-refractivity contribution in [2.45, 2.75) is 58.9 Å². The number of nitrogen functional groups attached to an aromatic ring is 1. The van der Waals surface area contributed by atoms with E-state index in [2.05, 4.69) is 40.5 Å². The van der Waals surface area contributed by atoms with E-state index in [1.165, 1.54) is 32.1 Å². The van der Waals surface area contributed by atoms with Gasteiger partial charge in [-0.3, -0.25) is 0 Å². The zero-order valence-electron chi connectivity index (χ0n) is 14.7. The Bertz CT molecular complexity index is 607. The summed E-state index contributed by atoms with van der Waals surface area (Å²) in [6.45, 7) is 10.4. The molecule has 3 aliphatic rings. The zero-order chi connectivity index (χ0) is 16.2. The van der Waals surface area contributed by atoms with Crippen LogP contribution in [0.3, 0.4) is 0 Å². The number of anilines is 3. The number of fused-ring (bicyclic) bond motifs is 2. The average molecular weight is 315 g/mol. The number of hydrogen-bond acceptors (Lipinski definition) is 5. The first-order valence-electron chi connectivity index (χ1n) is 8.99. The van der Waals surface area contributed by atoms with Gasteiger partial charge in [0.15, 0.2) is 11.6 Å². The van der Waals surface area contributed by atoms with Crippen LogP contribution < -0.4 is 15.5 Å². The molecule has 4 rings (SSSR count). The number of nitrogens with two attached hydrogens (primary N) is 1. The predicted octanol–water partition coefficient (Wildman–Crippen LogP) is 3.06. The van der Waals surface area contributed by atoms with E-state index in [1.54, 1.807) is 6.33 Å². The number of hydrogen-bond donors (Lipinski definition) is 1. The molecular weight excluding hydrogens is 286 g/mol. The topological polar surface area (TPSA) is 58.3 Å². The monoisotopic (exact) mass is 315 g/mol. The summed E-state index contributed by atoms with van der Waals surface area (Å²) < 4.78 is 0. The fourth-order valence-electron chi connectivity index (χ4n) is 5.49. The first kappa shape index (κ1) is 15.0. The van der Waals surface area contributed by atoms with Crippen molar-refractivity contribution in [1.82, 2.24) is 9.97 Å². The molecule has 3 heterocycles. The van der Waals surface area contributed by atoms with Crippen molar-refractivity contribution in [1.29, 1.82) is 0 Å². The molecule has 1 saturated carbocycles. The van der Waals surface area contributed by atoms with Gasteiger partial charge < -0.3 is 15.5 Å². The molecule has 2 atom stereocenters. The molecule has 2 bridgehead atoms. The molecule has 0 spiro atoms. The lowest BCUT2D eigenvalue weighted by Crippen LogP contribution is -2.35. The van der Waals surface area contributed by atoms with Crippen molar-refractivity contribution in [3.05, 3.63) is 6.33 Å². The van der Waals surface area contributed by atoms with Gasteiger partial charge >= 0.3 is 0 Å². The molecule has 2 aliphatic heterocycles. The lowest BCUT2D eigenvalue weighted by atomic mass is 9.65. The third-order valence-corrected chi connectivity index (χ3v) is 5.93. The van der Waals surface area contributed by atoms with Crippen LogP contribution in [0.15, 0.2) is 6.33 Å². The molecular formula is C18H29N5. The molecule has 2 saturated heterocycles. The number of rotatable bonds is 2. The summed E-state index contributed by atoms with van der Waals surface area (Å²) in [5.41, 5.74) is 8.10. The van der Waals surface area contributed by atoms with E-state index >= 15 is 0 Å².